The van der Waals surface area contributed by atoms with E-state index in [1.165, 1.54) is 0 Å². The minimum absolute atomic E-state index is 0.0939. The molecule has 0 bridgehead atoms. The Bertz CT molecular complexity index is 658. The molecule has 1 unspecified atom stereocenters. The van der Waals surface area contributed by atoms with Crippen LogP contribution in [-0.2, 0) is 14.1 Å². The molecule has 1 aromatic carbocycles. The summed E-state index contributed by atoms with van der Waals surface area (Å²) in [5.41, 5.74) is 3.49. The maximum atomic E-state index is 13.1. The highest BCUT2D eigenvalue weighted by Crippen LogP contribution is 2.37. The van der Waals surface area contributed by atoms with Crippen LogP contribution in [0.4, 0.5) is 0 Å². The van der Waals surface area contributed by atoms with Gasteiger partial charge in [0.2, 0.25) is 0 Å². The first kappa shape index (κ1) is 23.5. The predicted octanol–water partition coefficient (Wildman–Crippen LogP) is 5.99. The zero-order chi connectivity index (χ0) is 20.6. The van der Waals surface area contributed by atoms with E-state index < -0.39 is 11.1 Å². The van der Waals surface area contributed by atoms with Crippen molar-refractivity contribution in [1.29, 1.82) is 0 Å². The van der Waals surface area contributed by atoms with E-state index in [-0.39, 0.29) is 27.3 Å². The zero-order valence-corrected chi connectivity index (χ0v) is 18.4. The number of aryl methyl sites for hydroxylation is 3. The summed E-state index contributed by atoms with van der Waals surface area (Å²) in [6, 6.07) is 3.92. The molecule has 0 N–H and O–H groups in total. The van der Waals surface area contributed by atoms with E-state index in [4.69, 9.17) is 4.74 Å². The molecule has 0 aliphatic carbocycles. The summed E-state index contributed by atoms with van der Waals surface area (Å²) in [6.07, 6.45) is 2.60. The third-order valence-corrected chi connectivity index (χ3v) is 5.75. The van der Waals surface area contributed by atoms with Gasteiger partial charge in [0.15, 0.2) is 19.4 Å². The number of unbranched alkanes of at least 4 members (excludes halogenated alkanes) is 1. The van der Waals surface area contributed by atoms with Crippen LogP contribution >= 0.6 is 8.46 Å². The van der Waals surface area contributed by atoms with Gasteiger partial charge in [-0.1, -0.05) is 51.3 Å². The van der Waals surface area contributed by atoms with Gasteiger partial charge in [-0.3, -0.25) is 14.2 Å². The first-order valence-corrected chi connectivity index (χ1v) is 10.6. The topological polar surface area (TPSA) is 60.4 Å². The van der Waals surface area contributed by atoms with Crippen molar-refractivity contribution in [3.05, 3.63) is 34.4 Å². The maximum Gasteiger partial charge on any atom is 0.324 e. The number of hydrogen-bond donors (Lipinski definition) is 0. The van der Waals surface area contributed by atoms with Crippen LogP contribution in [0.25, 0.3) is 0 Å². The number of Topliss-reactive ketones (excluding diaryl/α,β-unsaturated/α-hetero) is 1. The van der Waals surface area contributed by atoms with Gasteiger partial charge in [0.1, 0.15) is 0 Å². The summed E-state index contributed by atoms with van der Waals surface area (Å²) in [5, 5.41) is -1.30. The van der Waals surface area contributed by atoms with Gasteiger partial charge in [-0.15, -0.1) is 0 Å². The highest BCUT2D eigenvalue weighted by molar-refractivity contribution is 7.28. The molecule has 0 aromatic heterocycles. The summed E-state index contributed by atoms with van der Waals surface area (Å²) >= 11 is 0. The second-order valence-electron chi connectivity index (χ2n) is 7.92. The van der Waals surface area contributed by atoms with Crippen LogP contribution in [0.3, 0.4) is 0 Å². The molecule has 0 heterocycles. The molecule has 5 heteroatoms. The second-order valence-corrected chi connectivity index (χ2v) is 8.96. The molecule has 1 rings (SSSR count). The average Bonchev–Trinajstić information content (AvgIpc) is 2.57. The van der Waals surface area contributed by atoms with Gasteiger partial charge in [0.05, 0.1) is 6.61 Å². The van der Waals surface area contributed by atoms with Crippen LogP contribution in [0.5, 0.6) is 0 Å². The molecule has 0 saturated heterocycles. The molecule has 0 spiro atoms. The van der Waals surface area contributed by atoms with E-state index in [2.05, 4.69) is 13.8 Å². The lowest BCUT2D eigenvalue weighted by Gasteiger charge is -2.25. The molecule has 0 fully saturated rings. The molecule has 0 radical (unpaired) electrons. The smallest absolute Gasteiger partial charge is 0.324 e. The van der Waals surface area contributed by atoms with E-state index in [1.54, 1.807) is 0 Å². The Morgan fingerprint density at radius 3 is 2.22 bits per heavy atom. The van der Waals surface area contributed by atoms with Crippen molar-refractivity contribution in [3.8, 4) is 0 Å². The minimum Gasteiger partial charge on any atom is -0.465 e. The first-order valence-electron chi connectivity index (χ1n) is 9.79. The Labute approximate surface area is 165 Å². The van der Waals surface area contributed by atoms with Crippen molar-refractivity contribution in [2.24, 2.45) is 5.92 Å². The minimum atomic E-state index is -1.30. The number of carbonyl (C=O) groups is 2. The zero-order valence-electron chi connectivity index (χ0n) is 17.6. The maximum absolute atomic E-state index is 13.1. The lowest BCUT2D eigenvalue weighted by molar-refractivity contribution is -0.147. The molecule has 0 saturated carbocycles. The summed E-state index contributed by atoms with van der Waals surface area (Å²) in [5.74, 6) is -0.263. The molecule has 150 valence electrons. The Morgan fingerprint density at radius 1 is 1.15 bits per heavy atom. The lowest BCUT2D eigenvalue weighted by atomic mass is 9.88. The lowest BCUT2D eigenvalue weighted by Crippen LogP contribution is -2.37. The van der Waals surface area contributed by atoms with Gasteiger partial charge in [-0.25, -0.2) is 0 Å². The molecule has 27 heavy (non-hydrogen) atoms. The van der Waals surface area contributed by atoms with Crippen molar-refractivity contribution in [1.82, 2.24) is 0 Å². The van der Waals surface area contributed by atoms with Crippen molar-refractivity contribution in [3.63, 3.8) is 0 Å². The van der Waals surface area contributed by atoms with Crippen molar-refractivity contribution >= 4 is 20.2 Å². The summed E-state index contributed by atoms with van der Waals surface area (Å²) < 4.78 is 17.5. The SMILES string of the molecule is CCCCC(CC(=O)c1c(C)cc(C)cc1C)(P=O)C(=O)OCCC(C)C. The molecule has 1 aromatic rings. The molecular formula is C22H33O4P. The summed E-state index contributed by atoms with van der Waals surface area (Å²) in [7, 11) is -0.342. The number of carbonyl (C=O) groups excluding carboxylic acids is 2. The van der Waals surface area contributed by atoms with Gasteiger partial charge in [-0.05, 0) is 50.7 Å². The molecule has 0 aliphatic rings. The predicted molar refractivity (Wildman–Crippen MR) is 110 cm³/mol. The normalized spacial score (nSPS) is 13.6. The fraction of sp³-hybridized carbons (Fsp3) is 0.636. The Balaban J connectivity index is 3.11. The Morgan fingerprint density at radius 2 is 1.74 bits per heavy atom. The van der Waals surface area contributed by atoms with E-state index in [9.17, 15) is 14.2 Å². The fourth-order valence-electron chi connectivity index (χ4n) is 3.34. The molecule has 1 atom stereocenters. The number of ketones is 1. The monoisotopic (exact) mass is 392 g/mol. The number of benzene rings is 1. The van der Waals surface area contributed by atoms with Crippen LogP contribution < -0.4 is 0 Å². The van der Waals surface area contributed by atoms with Crippen LogP contribution in [0.2, 0.25) is 0 Å². The van der Waals surface area contributed by atoms with Crippen molar-refractivity contribution < 1.29 is 18.9 Å². The highest BCUT2D eigenvalue weighted by Gasteiger charge is 2.43. The Kier molecular flexibility index (Phi) is 9.32. The number of hydrogen-bond acceptors (Lipinski definition) is 4. The molecular weight excluding hydrogens is 359 g/mol. The van der Waals surface area contributed by atoms with Crippen molar-refractivity contribution in [2.75, 3.05) is 6.61 Å². The molecule has 0 amide bonds. The van der Waals surface area contributed by atoms with Crippen molar-refractivity contribution in [2.45, 2.75) is 78.8 Å². The molecule has 0 aliphatic heterocycles. The van der Waals surface area contributed by atoms with E-state index in [0.29, 0.717) is 24.3 Å². The van der Waals surface area contributed by atoms with E-state index in [0.717, 1.165) is 29.5 Å². The molecule has 4 nitrogen and oxygen atoms in total. The standard InChI is InChI=1S/C22H33O4P/c1-7-8-10-22(27-25,21(24)26-11-9-15(2)3)14-19(23)20-17(5)12-16(4)13-18(20)6/h12-13,15H,7-11,14H2,1-6H3. The number of ether oxygens (including phenoxy) is 1. The van der Waals surface area contributed by atoms with Gasteiger partial charge >= 0.3 is 5.97 Å². The summed E-state index contributed by atoms with van der Waals surface area (Å²) in [4.78, 5) is 25.9. The third-order valence-electron chi connectivity index (χ3n) is 4.84. The number of esters is 1. The van der Waals surface area contributed by atoms with Crippen LogP contribution in [-0.4, -0.2) is 23.5 Å². The van der Waals surface area contributed by atoms with Gasteiger partial charge in [0.25, 0.3) is 0 Å². The Hall–Kier alpha value is -1.54. The highest BCUT2D eigenvalue weighted by atomic mass is 31.1. The average molecular weight is 392 g/mol. The van der Waals surface area contributed by atoms with E-state index >= 15 is 0 Å². The first-order chi connectivity index (χ1) is 12.7. The second kappa shape index (κ2) is 10.7. The summed E-state index contributed by atoms with van der Waals surface area (Å²) in [6.45, 7) is 12.2. The van der Waals surface area contributed by atoms with Gasteiger partial charge in [0, 0.05) is 12.0 Å². The fourth-order valence-corrected chi connectivity index (χ4v) is 3.94. The van der Waals surface area contributed by atoms with Crippen LogP contribution in [0.1, 0.15) is 79.9 Å². The van der Waals surface area contributed by atoms with Gasteiger partial charge < -0.3 is 4.74 Å². The largest absolute Gasteiger partial charge is 0.465 e. The third kappa shape index (κ3) is 6.53. The van der Waals surface area contributed by atoms with E-state index in [1.807, 2.05) is 39.8 Å². The van der Waals surface area contributed by atoms with Crippen LogP contribution in [0, 0.1) is 26.7 Å². The van der Waals surface area contributed by atoms with Gasteiger partial charge in [-0.2, -0.15) is 0 Å². The number of rotatable bonds is 11. The quantitative estimate of drug-likeness (QED) is 0.263. The van der Waals surface area contributed by atoms with Crippen LogP contribution in [0.15, 0.2) is 12.1 Å².